The normalized spacial score (nSPS) is 17.5. The molecule has 19 heavy (non-hydrogen) atoms. The first kappa shape index (κ1) is 12.1. The summed E-state index contributed by atoms with van der Waals surface area (Å²) in [5.74, 6) is 0.142. The summed E-state index contributed by atoms with van der Waals surface area (Å²) in [6.07, 6.45) is 5.06. The number of hydrogen-bond acceptors (Lipinski definition) is 4. The quantitative estimate of drug-likeness (QED) is 0.662. The van der Waals surface area contributed by atoms with Crippen LogP contribution in [0, 0.1) is 0 Å². The van der Waals surface area contributed by atoms with Crippen molar-refractivity contribution in [3.8, 4) is 5.75 Å². The van der Waals surface area contributed by atoms with E-state index in [0.29, 0.717) is 24.1 Å². The van der Waals surface area contributed by atoms with E-state index in [0.717, 1.165) is 18.2 Å². The maximum absolute atomic E-state index is 12.2. The molecule has 1 aliphatic carbocycles. The van der Waals surface area contributed by atoms with Gasteiger partial charge in [0, 0.05) is 11.6 Å². The number of aromatic nitrogens is 1. The number of para-hydroxylation sites is 1. The van der Waals surface area contributed by atoms with Crippen LogP contribution in [0.15, 0.2) is 36.5 Å². The van der Waals surface area contributed by atoms with E-state index in [1.54, 1.807) is 12.3 Å². The highest BCUT2D eigenvalue weighted by atomic mass is 16.5. The first-order valence-electron chi connectivity index (χ1n) is 6.54. The second-order valence-corrected chi connectivity index (χ2v) is 5.08. The lowest BCUT2D eigenvalue weighted by Crippen LogP contribution is -2.47. The Hall–Kier alpha value is -1.94. The minimum atomic E-state index is -0.822. The van der Waals surface area contributed by atoms with Crippen molar-refractivity contribution in [2.45, 2.75) is 31.2 Å². The van der Waals surface area contributed by atoms with Gasteiger partial charge in [-0.15, -0.1) is 0 Å². The van der Waals surface area contributed by atoms with Crippen molar-refractivity contribution < 1.29 is 9.53 Å². The molecule has 0 amide bonds. The van der Waals surface area contributed by atoms with Gasteiger partial charge in [-0.2, -0.15) is 0 Å². The molecular formula is C15H16N2O2. The van der Waals surface area contributed by atoms with Gasteiger partial charge in [0.25, 0.3) is 0 Å². The number of pyridine rings is 1. The number of esters is 1. The van der Waals surface area contributed by atoms with Gasteiger partial charge in [-0.1, -0.05) is 31.0 Å². The standard InChI is InChI=1S/C15H16N2O2/c16-15(8-1-2-9-15)14(18)19-12-7-3-5-11-6-4-10-17-13(11)12/h3-7,10H,1-2,8-9,16H2. The van der Waals surface area contributed by atoms with Crippen LogP contribution in [-0.2, 0) is 4.79 Å². The largest absolute Gasteiger partial charge is 0.423 e. The lowest BCUT2D eigenvalue weighted by molar-refractivity contribution is -0.140. The Labute approximate surface area is 111 Å². The van der Waals surface area contributed by atoms with Gasteiger partial charge in [-0.3, -0.25) is 4.98 Å². The summed E-state index contributed by atoms with van der Waals surface area (Å²) in [7, 11) is 0. The van der Waals surface area contributed by atoms with Crippen molar-refractivity contribution in [2.75, 3.05) is 0 Å². The Morgan fingerprint density at radius 2 is 1.95 bits per heavy atom. The highest BCUT2D eigenvalue weighted by Crippen LogP contribution is 2.30. The van der Waals surface area contributed by atoms with Gasteiger partial charge in [0.05, 0.1) is 0 Å². The first-order valence-corrected chi connectivity index (χ1v) is 6.54. The molecule has 4 heteroatoms. The van der Waals surface area contributed by atoms with Gasteiger partial charge in [0.15, 0.2) is 5.75 Å². The maximum atomic E-state index is 12.2. The lowest BCUT2D eigenvalue weighted by atomic mass is 10.00. The van der Waals surface area contributed by atoms with Crippen molar-refractivity contribution in [3.05, 3.63) is 36.5 Å². The summed E-state index contributed by atoms with van der Waals surface area (Å²) in [4.78, 5) is 16.5. The fourth-order valence-corrected chi connectivity index (χ4v) is 2.57. The number of fused-ring (bicyclic) bond motifs is 1. The zero-order valence-corrected chi connectivity index (χ0v) is 10.6. The number of hydrogen-bond donors (Lipinski definition) is 1. The van der Waals surface area contributed by atoms with E-state index in [1.165, 1.54) is 0 Å². The highest BCUT2D eigenvalue weighted by Gasteiger charge is 2.39. The third kappa shape index (κ3) is 2.19. The molecular weight excluding hydrogens is 240 g/mol. The Morgan fingerprint density at radius 1 is 1.21 bits per heavy atom. The third-order valence-electron chi connectivity index (χ3n) is 3.70. The molecule has 1 saturated carbocycles. The summed E-state index contributed by atoms with van der Waals surface area (Å²) in [5, 5.41) is 0.949. The number of nitrogens with zero attached hydrogens (tertiary/aromatic N) is 1. The molecule has 0 unspecified atom stereocenters. The third-order valence-corrected chi connectivity index (χ3v) is 3.70. The number of nitrogens with two attached hydrogens (primary N) is 1. The molecule has 2 N–H and O–H groups in total. The van der Waals surface area contributed by atoms with Crippen LogP contribution in [0.4, 0.5) is 0 Å². The first-order chi connectivity index (χ1) is 9.19. The SMILES string of the molecule is NC1(C(=O)Oc2cccc3cccnc23)CCCC1. The smallest absolute Gasteiger partial charge is 0.331 e. The molecule has 1 heterocycles. The van der Waals surface area contributed by atoms with Crippen molar-refractivity contribution in [2.24, 2.45) is 5.73 Å². The lowest BCUT2D eigenvalue weighted by Gasteiger charge is -2.21. The minimum absolute atomic E-state index is 0.344. The van der Waals surface area contributed by atoms with E-state index in [1.807, 2.05) is 24.3 Å². The summed E-state index contributed by atoms with van der Waals surface area (Å²) in [6, 6.07) is 9.34. The van der Waals surface area contributed by atoms with E-state index < -0.39 is 5.54 Å². The number of benzene rings is 1. The number of rotatable bonds is 2. The van der Waals surface area contributed by atoms with Crippen LogP contribution in [0.5, 0.6) is 5.75 Å². The number of carbonyl (C=O) groups excluding carboxylic acids is 1. The summed E-state index contributed by atoms with van der Waals surface area (Å²) < 4.78 is 5.49. The minimum Gasteiger partial charge on any atom is -0.423 e. The average Bonchev–Trinajstić information content (AvgIpc) is 2.87. The molecule has 0 atom stereocenters. The molecule has 1 aliphatic rings. The molecule has 0 saturated heterocycles. The van der Waals surface area contributed by atoms with Gasteiger partial charge in [-0.05, 0) is 25.0 Å². The predicted molar refractivity (Wildman–Crippen MR) is 72.8 cm³/mol. The highest BCUT2D eigenvalue weighted by molar-refractivity contribution is 5.89. The zero-order chi connectivity index (χ0) is 13.3. The molecule has 0 aliphatic heterocycles. The van der Waals surface area contributed by atoms with Gasteiger partial charge in [0.2, 0.25) is 0 Å². The van der Waals surface area contributed by atoms with Crippen molar-refractivity contribution in [1.29, 1.82) is 0 Å². The molecule has 1 aromatic heterocycles. The van der Waals surface area contributed by atoms with Gasteiger partial charge in [0.1, 0.15) is 11.1 Å². The summed E-state index contributed by atoms with van der Waals surface area (Å²) in [5.41, 5.74) is 5.97. The molecule has 0 radical (unpaired) electrons. The Balaban J connectivity index is 1.91. The second kappa shape index (κ2) is 4.63. The molecule has 3 rings (SSSR count). The van der Waals surface area contributed by atoms with E-state index in [-0.39, 0.29) is 5.97 Å². The summed E-state index contributed by atoms with van der Waals surface area (Å²) in [6.45, 7) is 0. The molecule has 4 nitrogen and oxygen atoms in total. The Bertz CT molecular complexity index is 613. The van der Waals surface area contributed by atoms with E-state index in [4.69, 9.17) is 10.5 Å². The molecule has 0 bridgehead atoms. The average molecular weight is 256 g/mol. The number of carbonyl (C=O) groups is 1. The van der Waals surface area contributed by atoms with Gasteiger partial charge in [-0.25, -0.2) is 4.79 Å². The van der Waals surface area contributed by atoms with Crippen LogP contribution in [0.3, 0.4) is 0 Å². The fourth-order valence-electron chi connectivity index (χ4n) is 2.57. The molecule has 1 fully saturated rings. The van der Waals surface area contributed by atoms with Crippen molar-refractivity contribution in [1.82, 2.24) is 4.98 Å². The monoisotopic (exact) mass is 256 g/mol. The van der Waals surface area contributed by atoms with Crippen molar-refractivity contribution in [3.63, 3.8) is 0 Å². The molecule has 2 aromatic rings. The zero-order valence-electron chi connectivity index (χ0n) is 10.6. The topological polar surface area (TPSA) is 65.2 Å². The molecule has 0 spiro atoms. The van der Waals surface area contributed by atoms with Crippen LogP contribution in [-0.4, -0.2) is 16.5 Å². The fraction of sp³-hybridized carbons (Fsp3) is 0.333. The summed E-state index contributed by atoms with van der Waals surface area (Å²) >= 11 is 0. The number of ether oxygens (including phenoxy) is 1. The predicted octanol–water partition coefficient (Wildman–Crippen LogP) is 2.41. The van der Waals surface area contributed by atoms with Crippen LogP contribution in [0.2, 0.25) is 0 Å². The Kier molecular flexibility index (Phi) is 2.95. The van der Waals surface area contributed by atoms with Gasteiger partial charge >= 0.3 is 5.97 Å². The van der Waals surface area contributed by atoms with Crippen LogP contribution in [0.1, 0.15) is 25.7 Å². The Morgan fingerprint density at radius 3 is 2.74 bits per heavy atom. The van der Waals surface area contributed by atoms with Crippen molar-refractivity contribution >= 4 is 16.9 Å². The van der Waals surface area contributed by atoms with E-state index >= 15 is 0 Å². The second-order valence-electron chi connectivity index (χ2n) is 5.08. The molecule has 1 aromatic carbocycles. The van der Waals surface area contributed by atoms with E-state index in [9.17, 15) is 4.79 Å². The van der Waals surface area contributed by atoms with Crippen LogP contribution < -0.4 is 10.5 Å². The maximum Gasteiger partial charge on any atom is 0.331 e. The van der Waals surface area contributed by atoms with Gasteiger partial charge < -0.3 is 10.5 Å². The van der Waals surface area contributed by atoms with E-state index in [2.05, 4.69) is 4.98 Å². The van der Waals surface area contributed by atoms with Crippen LogP contribution in [0.25, 0.3) is 10.9 Å². The van der Waals surface area contributed by atoms with Crippen LogP contribution >= 0.6 is 0 Å². The molecule has 98 valence electrons.